The van der Waals surface area contributed by atoms with Gasteiger partial charge in [0.05, 0.1) is 5.69 Å². The smallest absolute Gasteiger partial charge is 0.258 e. The number of benzene rings is 2. The molecule has 0 unspecified atom stereocenters. The van der Waals surface area contributed by atoms with Crippen LogP contribution in [0.4, 0.5) is 11.4 Å². The number of amides is 3. The fraction of sp³-hybridized carbons (Fsp3) is 0.0526. The van der Waals surface area contributed by atoms with E-state index in [0.29, 0.717) is 22.5 Å². The van der Waals surface area contributed by atoms with Gasteiger partial charge in [0.1, 0.15) is 0 Å². The lowest BCUT2D eigenvalue weighted by atomic mass is 10.0. The van der Waals surface area contributed by atoms with Gasteiger partial charge < -0.3 is 5.32 Å². The van der Waals surface area contributed by atoms with E-state index < -0.39 is 11.8 Å². The lowest BCUT2D eigenvalue weighted by molar-refractivity contribution is -0.120. The number of ketones is 1. The van der Waals surface area contributed by atoms with E-state index in [-0.39, 0.29) is 11.7 Å². The number of imide groups is 1. The summed E-state index contributed by atoms with van der Waals surface area (Å²) < 4.78 is 0. The molecule has 1 heterocycles. The van der Waals surface area contributed by atoms with E-state index in [2.05, 4.69) is 5.32 Å². The van der Waals surface area contributed by atoms with Crippen LogP contribution in [0.5, 0.6) is 0 Å². The Balaban J connectivity index is 1.78. The van der Waals surface area contributed by atoms with Gasteiger partial charge in [-0.2, -0.15) is 0 Å². The molecule has 0 fully saturated rings. The summed E-state index contributed by atoms with van der Waals surface area (Å²) in [6.07, 6.45) is 2.41. The van der Waals surface area contributed by atoms with Crippen LogP contribution in [0.15, 0.2) is 60.7 Å². The summed E-state index contributed by atoms with van der Waals surface area (Å²) in [6.45, 7) is 1.41. The van der Waals surface area contributed by atoms with E-state index in [1.165, 1.54) is 19.1 Å². The molecule has 0 spiro atoms. The van der Waals surface area contributed by atoms with E-state index in [1.807, 2.05) is 0 Å². The summed E-state index contributed by atoms with van der Waals surface area (Å²) in [4.78, 5) is 47.8. The third kappa shape index (κ3) is 3.37. The fourth-order valence-corrected chi connectivity index (χ4v) is 2.49. The van der Waals surface area contributed by atoms with Gasteiger partial charge >= 0.3 is 0 Å². The molecular weight excluding hydrogens is 320 g/mol. The van der Waals surface area contributed by atoms with Gasteiger partial charge in [-0.05, 0) is 48.5 Å². The van der Waals surface area contributed by atoms with Gasteiger partial charge in [-0.1, -0.05) is 0 Å². The topological polar surface area (TPSA) is 83.6 Å². The van der Waals surface area contributed by atoms with Gasteiger partial charge in [0, 0.05) is 35.9 Å². The van der Waals surface area contributed by atoms with Crippen LogP contribution in [-0.2, 0) is 14.4 Å². The Bertz CT molecular complexity index is 878. The first-order valence-corrected chi connectivity index (χ1v) is 7.54. The minimum absolute atomic E-state index is 0.185. The number of carbonyl (C=O) groups excluding carboxylic acids is 4. The molecule has 0 aromatic heterocycles. The number of hydrogen-bond donors (Lipinski definition) is 1. The first kappa shape index (κ1) is 16.3. The molecule has 0 bridgehead atoms. The van der Waals surface area contributed by atoms with Crippen LogP contribution in [-0.4, -0.2) is 23.5 Å². The number of nitrogens with zero attached hydrogens (tertiary/aromatic N) is 1. The van der Waals surface area contributed by atoms with Gasteiger partial charge in [0.25, 0.3) is 11.8 Å². The molecule has 2 aromatic rings. The van der Waals surface area contributed by atoms with E-state index in [0.717, 1.165) is 4.90 Å². The zero-order chi connectivity index (χ0) is 18.0. The third-order valence-corrected chi connectivity index (χ3v) is 3.66. The standard InChI is InChI=1S/C19H14N2O4/c1-12(22)20-15-6-2-13(3-7-15)19(25)14-4-8-16(9-5-14)21-17(23)10-11-18(21)24/h2-11H,1H3,(H,20,22). The summed E-state index contributed by atoms with van der Waals surface area (Å²) in [5.74, 6) is -1.19. The van der Waals surface area contributed by atoms with Gasteiger partial charge in [-0.3, -0.25) is 19.2 Å². The lowest BCUT2D eigenvalue weighted by Crippen LogP contribution is -2.29. The Kier molecular flexibility index (Phi) is 4.26. The summed E-state index contributed by atoms with van der Waals surface area (Å²) in [6, 6.07) is 12.8. The highest BCUT2D eigenvalue weighted by molar-refractivity contribution is 6.28. The highest BCUT2D eigenvalue weighted by Gasteiger charge is 2.25. The van der Waals surface area contributed by atoms with Crippen molar-refractivity contribution in [3.63, 3.8) is 0 Å². The highest BCUT2D eigenvalue weighted by atomic mass is 16.2. The molecule has 3 amide bonds. The fourth-order valence-electron chi connectivity index (χ4n) is 2.49. The number of rotatable bonds is 4. The van der Waals surface area contributed by atoms with Crippen LogP contribution >= 0.6 is 0 Å². The predicted molar refractivity (Wildman–Crippen MR) is 92.3 cm³/mol. The maximum atomic E-state index is 12.5. The average Bonchev–Trinajstić information content (AvgIpc) is 2.93. The maximum absolute atomic E-state index is 12.5. The molecule has 0 aliphatic carbocycles. The first-order valence-electron chi connectivity index (χ1n) is 7.54. The Morgan fingerprint density at radius 1 is 0.800 bits per heavy atom. The molecule has 1 aliphatic rings. The Labute approximate surface area is 143 Å². The van der Waals surface area contributed by atoms with Crippen molar-refractivity contribution >= 4 is 34.9 Å². The van der Waals surface area contributed by atoms with Crippen molar-refractivity contribution in [1.82, 2.24) is 0 Å². The van der Waals surface area contributed by atoms with E-state index >= 15 is 0 Å². The lowest BCUT2D eigenvalue weighted by Gasteiger charge is -2.14. The Hall–Kier alpha value is -3.54. The summed E-state index contributed by atoms with van der Waals surface area (Å²) in [5, 5.41) is 2.63. The summed E-state index contributed by atoms with van der Waals surface area (Å²) in [7, 11) is 0. The van der Waals surface area contributed by atoms with Crippen molar-refractivity contribution < 1.29 is 19.2 Å². The van der Waals surface area contributed by atoms with Crippen LogP contribution in [0, 0.1) is 0 Å². The molecule has 6 heteroatoms. The van der Waals surface area contributed by atoms with Gasteiger partial charge in [0.2, 0.25) is 5.91 Å². The molecule has 0 radical (unpaired) electrons. The molecule has 1 N–H and O–H groups in total. The minimum atomic E-state index is -0.405. The maximum Gasteiger partial charge on any atom is 0.258 e. The Morgan fingerprint density at radius 3 is 1.76 bits per heavy atom. The largest absolute Gasteiger partial charge is 0.326 e. The number of anilines is 2. The van der Waals surface area contributed by atoms with Gasteiger partial charge in [0.15, 0.2) is 5.78 Å². The quantitative estimate of drug-likeness (QED) is 0.687. The van der Waals surface area contributed by atoms with Crippen molar-refractivity contribution in [2.45, 2.75) is 6.92 Å². The first-order chi connectivity index (χ1) is 12.0. The van der Waals surface area contributed by atoms with Crippen LogP contribution in [0.2, 0.25) is 0 Å². The van der Waals surface area contributed by atoms with E-state index in [9.17, 15) is 19.2 Å². The molecule has 3 rings (SSSR count). The highest BCUT2D eigenvalue weighted by Crippen LogP contribution is 2.21. The summed E-state index contributed by atoms with van der Waals surface area (Å²) >= 11 is 0. The van der Waals surface area contributed by atoms with Crippen LogP contribution in [0.3, 0.4) is 0 Å². The molecule has 25 heavy (non-hydrogen) atoms. The van der Waals surface area contributed by atoms with Crippen molar-refractivity contribution in [3.8, 4) is 0 Å². The average molecular weight is 334 g/mol. The molecular formula is C19H14N2O4. The second-order valence-electron chi connectivity index (χ2n) is 5.48. The molecule has 1 aliphatic heterocycles. The van der Waals surface area contributed by atoms with Crippen molar-refractivity contribution in [2.75, 3.05) is 10.2 Å². The third-order valence-electron chi connectivity index (χ3n) is 3.66. The van der Waals surface area contributed by atoms with Crippen molar-refractivity contribution in [3.05, 3.63) is 71.8 Å². The minimum Gasteiger partial charge on any atom is -0.326 e. The van der Waals surface area contributed by atoms with Crippen molar-refractivity contribution in [1.29, 1.82) is 0 Å². The van der Waals surface area contributed by atoms with E-state index in [4.69, 9.17) is 0 Å². The molecule has 6 nitrogen and oxygen atoms in total. The summed E-state index contributed by atoms with van der Waals surface area (Å²) in [5.41, 5.74) is 1.93. The molecule has 0 saturated carbocycles. The normalized spacial score (nSPS) is 13.2. The molecule has 124 valence electrons. The number of nitrogens with one attached hydrogen (secondary N) is 1. The van der Waals surface area contributed by atoms with Gasteiger partial charge in [-0.15, -0.1) is 0 Å². The monoisotopic (exact) mass is 334 g/mol. The number of hydrogen-bond acceptors (Lipinski definition) is 4. The molecule has 0 saturated heterocycles. The van der Waals surface area contributed by atoms with Gasteiger partial charge in [-0.25, -0.2) is 4.90 Å². The van der Waals surface area contributed by atoms with Crippen molar-refractivity contribution in [2.24, 2.45) is 0 Å². The van der Waals surface area contributed by atoms with Crippen LogP contribution in [0.25, 0.3) is 0 Å². The molecule has 0 atom stereocenters. The van der Waals surface area contributed by atoms with E-state index in [1.54, 1.807) is 48.5 Å². The van der Waals surface area contributed by atoms with Crippen LogP contribution in [0.1, 0.15) is 22.8 Å². The van der Waals surface area contributed by atoms with Crippen LogP contribution < -0.4 is 10.2 Å². The molecule has 2 aromatic carbocycles. The SMILES string of the molecule is CC(=O)Nc1ccc(C(=O)c2ccc(N3C(=O)C=CC3=O)cc2)cc1. The second-order valence-corrected chi connectivity index (χ2v) is 5.48. The Morgan fingerprint density at radius 2 is 1.28 bits per heavy atom. The zero-order valence-corrected chi connectivity index (χ0v) is 13.4. The zero-order valence-electron chi connectivity index (χ0n) is 13.4. The predicted octanol–water partition coefficient (Wildman–Crippen LogP) is 2.31. The number of carbonyl (C=O) groups is 4. The second kappa shape index (κ2) is 6.52.